The number of benzene rings is 1. The summed E-state index contributed by atoms with van der Waals surface area (Å²) in [5.74, 6) is 0.800. The Labute approximate surface area is 138 Å². The minimum atomic E-state index is 0.800. The SMILES string of the molecule is CCC/C=C(\CC)CN(CC(CC)CCC)c1ccccc1. The van der Waals surface area contributed by atoms with E-state index >= 15 is 0 Å². The molecule has 0 aliphatic rings. The zero-order valence-electron chi connectivity index (χ0n) is 15.1. The Hall–Kier alpha value is -1.24. The fraction of sp³-hybridized carbons (Fsp3) is 0.619. The van der Waals surface area contributed by atoms with Crippen LogP contribution in [0.1, 0.15) is 66.2 Å². The van der Waals surface area contributed by atoms with E-state index in [0.717, 1.165) is 18.9 Å². The van der Waals surface area contributed by atoms with Crippen molar-refractivity contribution in [1.29, 1.82) is 0 Å². The molecule has 0 aromatic heterocycles. The van der Waals surface area contributed by atoms with Gasteiger partial charge in [0.1, 0.15) is 0 Å². The number of allylic oxidation sites excluding steroid dienone is 1. The molecule has 0 fully saturated rings. The van der Waals surface area contributed by atoms with E-state index in [9.17, 15) is 0 Å². The largest absolute Gasteiger partial charge is 0.367 e. The van der Waals surface area contributed by atoms with Crippen molar-refractivity contribution in [3.05, 3.63) is 42.0 Å². The van der Waals surface area contributed by atoms with Crippen molar-refractivity contribution in [3.8, 4) is 0 Å². The number of para-hydroxylation sites is 1. The first-order valence-corrected chi connectivity index (χ1v) is 9.22. The Morgan fingerprint density at radius 3 is 2.32 bits per heavy atom. The number of hydrogen-bond acceptors (Lipinski definition) is 1. The number of hydrogen-bond donors (Lipinski definition) is 0. The zero-order valence-corrected chi connectivity index (χ0v) is 15.1. The molecule has 22 heavy (non-hydrogen) atoms. The number of nitrogens with zero attached hydrogens (tertiary/aromatic N) is 1. The molecule has 1 aromatic rings. The molecular weight excluding hydrogens is 266 g/mol. The highest BCUT2D eigenvalue weighted by Crippen LogP contribution is 2.21. The monoisotopic (exact) mass is 301 g/mol. The molecule has 0 aliphatic heterocycles. The number of unbranched alkanes of at least 4 members (excludes halogenated alkanes) is 1. The van der Waals surface area contributed by atoms with Crippen molar-refractivity contribution in [2.45, 2.75) is 66.2 Å². The van der Waals surface area contributed by atoms with E-state index < -0.39 is 0 Å². The van der Waals surface area contributed by atoms with Crippen molar-refractivity contribution in [3.63, 3.8) is 0 Å². The molecule has 0 amide bonds. The number of anilines is 1. The third-order valence-corrected chi connectivity index (χ3v) is 4.44. The van der Waals surface area contributed by atoms with Crippen LogP contribution >= 0.6 is 0 Å². The second-order valence-electron chi connectivity index (χ2n) is 6.28. The Kier molecular flexibility index (Phi) is 9.70. The summed E-state index contributed by atoms with van der Waals surface area (Å²) in [6, 6.07) is 10.9. The highest BCUT2D eigenvalue weighted by atomic mass is 15.1. The molecule has 0 N–H and O–H groups in total. The lowest BCUT2D eigenvalue weighted by molar-refractivity contribution is 0.461. The van der Waals surface area contributed by atoms with E-state index in [4.69, 9.17) is 0 Å². The van der Waals surface area contributed by atoms with Gasteiger partial charge in [-0.3, -0.25) is 0 Å². The summed E-state index contributed by atoms with van der Waals surface area (Å²) in [4.78, 5) is 2.59. The molecule has 1 nitrogen and oxygen atoms in total. The average molecular weight is 302 g/mol. The molecule has 0 saturated carbocycles. The fourth-order valence-corrected chi connectivity index (χ4v) is 2.96. The second kappa shape index (κ2) is 11.3. The standard InChI is InChI=1S/C21H35N/c1-5-9-14-20(8-4)18-22(17-19(7-3)13-6-2)21-15-11-10-12-16-21/h10-12,14-16,19H,5-9,13,17-18H2,1-4H3/b20-14+. The van der Waals surface area contributed by atoms with Crippen molar-refractivity contribution >= 4 is 5.69 Å². The number of rotatable bonds is 11. The van der Waals surface area contributed by atoms with E-state index in [-0.39, 0.29) is 0 Å². The third kappa shape index (κ3) is 6.68. The van der Waals surface area contributed by atoms with Gasteiger partial charge in [0.05, 0.1) is 0 Å². The van der Waals surface area contributed by atoms with E-state index in [1.807, 2.05) is 0 Å². The lowest BCUT2D eigenvalue weighted by Gasteiger charge is -2.30. The highest BCUT2D eigenvalue weighted by Gasteiger charge is 2.14. The van der Waals surface area contributed by atoms with E-state index in [1.54, 1.807) is 5.57 Å². The van der Waals surface area contributed by atoms with Crippen LogP contribution in [-0.4, -0.2) is 13.1 Å². The molecule has 1 heteroatoms. The molecule has 0 radical (unpaired) electrons. The van der Waals surface area contributed by atoms with Gasteiger partial charge >= 0.3 is 0 Å². The Bertz CT molecular complexity index is 407. The van der Waals surface area contributed by atoms with Gasteiger partial charge in [0.15, 0.2) is 0 Å². The lowest BCUT2D eigenvalue weighted by Crippen LogP contribution is -2.31. The third-order valence-electron chi connectivity index (χ3n) is 4.44. The van der Waals surface area contributed by atoms with Crippen LogP contribution in [0, 0.1) is 5.92 Å². The van der Waals surface area contributed by atoms with Gasteiger partial charge in [-0.15, -0.1) is 0 Å². The van der Waals surface area contributed by atoms with E-state index in [0.29, 0.717) is 0 Å². The molecule has 0 heterocycles. The van der Waals surface area contributed by atoms with Crippen molar-refractivity contribution in [2.75, 3.05) is 18.0 Å². The van der Waals surface area contributed by atoms with Gasteiger partial charge in [0.2, 0.25) is 0 Å². The van der Waals surface area contributed by atoms with Gasteiger partial charge < -0.3 is 4.90 Å². The topological polar surface area (TPSA) is 3.24 Å². The lowest BCUT2D eigenvalue weighted by atomic mass is 9.99. The summed E-state index contributed by atoms with van der Waals surface area (Å²) in [7, 11) is 0. The van der Waals surface area contributed by atoms with Gasteiger partial charge in [0.25, 0.3) is 0 Å². The summed E-state index contributed by atoms with van der Waals surface area (Å²) in [5, 5.41) is 0. The maximum Gasteiger partial charge on any atom is 0.0388 e. The smallest absolute Gasteiger partial charge is 0.0388 e. The Morgan fingerprint density at radius 1 is 1.05 bits per heavy atom. The van der Waals surface area contributed by atoms with Crippen molar-refractivity contribution in [1.82, 2.24) is 0 Å². The van der Waals surface area contributed by atoms with Crippen LogP contribution in [0.15, 0.2) is 42.0 Å². The molecule has 1 aromatic carbocycles. The van der Waals surface area contributed by atoms with Crippen molar-refractivity contribution in [2.24, 2.45) is 5.92 Å². The van der Waals surface area contributed by atoms with Gasteiger partial charge in [-0.25, -0.2) is 0 Å². The molecule has 0 spiro atoms. The van der Waals surface area contributed by atoms with Crippen LogP contribution < -0.4 is 4.90 Å². The normalized spacial score (nSPS) is 13.2. The average Bonchev–Trinajstić information content (AvgIpc) is 2.57. The minimum absolute atomic E-state index is 0.800. The Balaban J connectivity index is 2.86. The molecule has 124 valence electrons. The predicted octanol–water partition coefficient (Wildman–Crippen LogP) is 6.46. The maximum atomic E-state index is 2.59. The van der Waals surface area contributed by atoms with Gasteiger partial charge in [-0.2, -0.15) is 0 Å². The van der Waals surface area contributed by atoms with Crippen LogP contribution in [0.2, 0.25) is 0 Å². The minimum Gasteiger partial charge on any atom is -0.367 e. The van der Waals surface area contributed by atoms with Crippen LogP contribution in [0.25, 0.3) is 0 Å². The van der Waals surface area contributed by atoms with Crippen LogP contribution in [0.3, 0.4) is 0 Å². The molecular formula is C21H35N. The summed E-state index contributed by atoms with van der Waals surface area (Å²) in [6.07, 6.45) is 9.95. The molecule has 1 unspecified atom stereocenters. The van der Waals surface area contributed by atoms with E-state index in [2.05, 4.69) is 69.0 Å². The van der Waals surface area contributed by atoms with E-state index in [1.165, 1.54) is 44.3 Å². The van der Waals surface area contributed by atoms with Crippen LogP contribution in [0.4, 0.5) is 5.69 Å². The maximum absolute atomic E-state index is 2.59. The first kappa shape index (κ1) is 18.8. The van der Waals surface area contributed by atoms with Crippen molar-refractivity contribution < 1.29 is 0 Å². The zero-order chi connectivity index (χ0) is 16.2. The van der Waals surface area contributed by atoms with Crippen LogP contribution in [-0.2, 0) is 0 Å². The quantitative estimate of drug-likeness (QED) is 0.424. The van der Waals surface area contributed by atoms with Gasteiger partial charge in [0, 0.05) is 18.8 Å². The molecule has 0 aliphatic carbocycles. The first-order chi connectivity index (χ1) is 10.7. The first-order valence-electron chi connectivity index (χ1n) is 9.22. The Morgan fingerprint density at radius 2 is 1.77 bits per heavy atom. The van der Waals surface area contributed by atoms with Crippen LogP contribution in [0.5, 0.6) is 0 Å². The summed E-state index contributed by atoms with van der Waals surface area (Å²) in [5.41, 5.74) is 2.95. The van der Waals surface area contributed by atoms with Gasteiger partial charge in [-0.1, -0.05) is 76.8 Å². The molecule has 1 rings (SSSR count). The summed E-state index contributed by atoms with van der Waals surface area (Å²) < 4.78 is 0. The predicted molar refractivity (Wildman–Crippen MR) is 101 cm³/mol. The summed E-state index contributed by atoms with van der Waals surface area (Å²) >= 11 is 0. The summed E-state index contributed by atoms with van der Waals surface area (Å²) in [6.45, 7) is 11.4. The highest BCUT2D eigenvalue weighted by molar-refractivity contribution is 5.47. The second-order valence-corrected chi connectivity index (χ2v) is 6.28. The molecule has 0 bridgehead atoms. The molecule has 0 saturated heterocycles. The molecule has 1 atom stereocenters. The van der Waals surface area contributed by atoms with Gasteiger partial charge in [-0.05, 0) is 37.3 Å². The fourth-order valence-electron chi connectivity index (χ4n) is 2.96.